The van der Waals surface area contributed by atoms with Gasteiger partial charge in [0.2, 0.25) is 5.91 Å². The van der Waals surface area contributed by atoms with Crippen LogP contribution >= 0.6 is 0 Å². The molecule has 1 amide bonds. The summed E-state index contributed by atoms with van der Waals surface area (Å²) in [7, 11) is 1.65. The van der Waals surface area contributed by atoms with E-state index in [1.807, 2.05) is 36.0 Å². The van der Waals surface area contributed by atoms with E-state index in [0.717, 1.165) is 29.7 Å². The monoisotopic (exact) mass is 261 g/mol. The predicted molar refractivity (Wildman–Crippen MR) is 73.4 cm³/mol. The van der Waals surface area contributed by atoms with E-state index in [0.29, 0.717) is 13.0 Å². The molecule has 0 bridgehead atoms. The highest BCUT2D eigenvalue weighted by Crippen LogP contribution is 2.17. The molecule has 2 rings (SSSR count). The lowest BCUT2D eigenvalue weighted by molar-refractivity contribution is -0.121. The van der Waals surface area contributed by atoms with E-state index in [-0.39, 0.29) is 5.91 Å². The number of methoxy groups -OCH3 is 1. The second-order valence-corrected chi connectivity index (χ2v) is 4.42. The molecule has 0 saturated heterocycles. The van der Waals surface area contributed by atoms with Crippen molar-refractivity contribution < 1.29 is 9.53 Å². The Morgan fingerprint density at radius 2 is 2.37 bits per heavy atom. The maximum absolute atomic E-state index is 11.4. The molecule has 0 unspecified atom stereocenters. The minimum atomic E-state index is 0.108. The van der Waals surface area contributed by atoms with Crippen LogP contribution in [0.2, 0.25) is 0 Å². The fraction of sp³-hybridized carbons (Fsp3) is 0.429. The van der Waals surface area contributed by atoms with Crippen LogP contribution < -0.4 is 10.1 Å². The first-order valence-corrected chi connectivity index (χ1v) is 6.51. The van der Waals surface area contributed by atoms with Crippen LogP contribution in [0, 0.1) is 0 Å². The molecule has 2 aromatic rings. The van der Waals surface area contributed by atoms with E-state index in [2.05, 4.69) is 10.4 Å². The van der Waals surface area contributed by atoms with Crippen molar-refractivity contribution in [2.24, 2.45) is 0 Å². The first kappa shape index (κ1) is 13.4. The molecule has 2 aromatic heterocycles. The smallest absolute Gasteiger partial charge is 0.219 e. The van der Waals surface area contributed by atoms with Gasteiger partial charge in [-0.25, -0.2) is 4.52 Å². The van der Waals surface area contributed by atoms with Crippen LogP contribution in [-0.2, 0) is 11.2 Å². The number of hydrogen-bond acceptors (Lipinski definition) is 3. The topological polar surface area (TPSA) is 55.6 Å². The lowest BCUT2D eigenvalue weighted by Crippen LogP contribution is -2.25. The number of nitrogens with zero attached hydrogens (tertiary/aromatic N) is 2. The molecule has 19 heavy (non-hydrogen) atoms. The number of ether oxygens (including phenoxy) is 1. The molecule has 0 fully saturated rings. The molecule has 0 aromatic carbocycles. The summed E-state index contributed by atoms with van der Waals surface area (Å²) in [6, 6.07) is 3.82. The molecule has 0 aliphatic rings. The molecular formula is C14H19N3O2. The Kier molecular flexibility index (Phi) is 4.39. The van der Waals surface area contributed by atoms with Crippen molar-refractivity contribution >= 4 is 11.4 Å². The van der Waals surface area contributed by atoms with Crippen molar-refractivity contribution in [1.29, 1.82) is 0 Å². The Morgan fingerprint density at radius 1 is 1.53 bits per heavy atom. The van der Waals surface area contributed by atoms with Crippen molar-refractivity contribution in [2.75, 3.05) is 13.7 Å². The van der Waals surface area contributed by atoms with E-state index in [1.165, 1.54) is 0 Å². The van der Waals surface area contributed by atoms with Gasteiger partial charge in [0.1, 0.15) is 5.75 Å². The summed E-state index contributed by atoms with van der Waals surface area (Å²) in [6.45, 7) is 2.63. The zero-order valence-corrected chi connectivity index (χ0v) is 11.3. The Hall–Kier alpha value is -2.04. The van der Waals surface area contributed by atoms with E-state index in [9.17, 15) is 4.79 Å². The number of amides is 1. The van der Waals surface area contributed by atoms with E-state index < -0.39 is 0 Å². The normalized spacial score (nSPS) is 10.6. The number of rotatable bonds is 6. The Labute approximate surface area is 112 Å². The van der Waals surface area contributed by atoms with Gasteiger partial charge in [-0.2, -0.15) is 5.10 Å². The van der Waals surface area contributed by atoms with Gasteiger partial charge in [0.05, 0.1) is 18.8 Å². The summed E-state index contributed by atoms with van der Waals surface area (Å²) in [5.74, 6) is 0.917. The van der Waals surface area contributed by atoms with Crippen LogP contribution in [-0.4, -0.2) is 29.2 Å². The maximum atomic E-state index is 11.4. The first-order chi connectivity index (χ1) is 9.24. The standard InChI is InChI=1S/C14H19N3O2/c1-3-4-14(18)15-7-5-11-10-16-17-8-6-12(19-2)9-13(11)17/h6,8-10H,3-5,7H2,1-2H3,(H,15,18). The summed E-state index contributed by atoms with van der Waals surface area (Å²) in [5, 5.41) is 7.18. The Morgan fingerprint density at radius 3 is 3.11 bits per heavy atom. The van der Waals surface area contributed by atoms with Gasteiger partial charge in [0, 0.05) is 25.2 Å². The molecule has 0 saturated carbocycles. The number of hydrogen-bond donors (Lipinski definition) is 1. The quantitative estimate of drug-likeness (QED) is 0.862. The second kappa shape index (κ2) is 6.22. The molecule has 0 spiro atoms. The van der Waals surface area contributed by atoms with E-state index in [4.69, 9.17) is 4.74 Å². The molecular weight excluding hydrogens is 242 g/mol. The van der Waals surface area contributed by atoms with Crippen LogP contribution in [0.25, 0.3) is 5.52 Å². The number of carbonyl (C=O) groups excluding carboxylic acids is 1. The Balaban J connectivity index is 2.02. The van der Waals surface area contributed by atoms with Crippen molar-refractivity contribution in [3.05, 3.63) is 30.1 Å². The number of carbonyl (C=O) groups is 1. The molecule has 0 atom stereocenters. The SMILES string of the molecule is CCCC(=O)NCCc1cnn2ccc(OC)cc12. The largest absolute Gasteiger partial charge is 0.497 e. The molecule has 102 valence electrons. The van der Waals surface area contributed by atoms with Gasteiger partial charge in [-0.05, 0) is 24.5 Å². The van der Waals surface area contributed by atoms with E-state index >= 15 is 0 Å². The minimum Gasteiger partial charge on any atom is -0.497 e. The van der Waals surface area contributed by atoms with Gasteiger partial charge in [-0.3, -0.25) is 4.79 Å². The molecule has 2 heterocycles. The summed E-state index contributed by atoms with van der Waals surface area (Å²) in [6.07, 6.45) is 5.93. The minimum absolute atomic E-state index is 0.108. The highest BCUT2D eigenvalue weighted by Gasteiger charge is 2.06. The van der Waals surface area contributed by atoms with E-state index in [1.54, 1.807) is 7.11 Å². The molecule has 0 aliphatic carbocycles. The molecule has 0 radical (unpaired) electrons. The average Bonchev–Trinajstić information content (AvgIpc) is 2.81. The van der Waals surface area contributed by atoms with Crippen molar-refractivity contribution in [1.82, 2.24) is 14.9 Å². The molecule has 5 heteroatoms. The van der Waals surface area contributed by atoms with Gasteiger partial charge in [-0.1, -0.05) is 6.92 Å². The number of nitrogens with one attached hydrogen (secondary N) is 1. The van der Waals surface area contributed by atoms with Gasteiger partial charge in [0.15, 0.2) is 0 Å². The fourth-order valence-electron chi connectivity index (χ4n) is 1.98. The second-order valence-electron chi connectivity index (χ2n) is 4.42. The molecule has 0 aliphatic heterocycles. The van der Waals surface area contributed by atoms with Gasteiger partial charge in [0.25, 0.3) is 0 Å². The Bertz CT molecular complexity index is 563. The summed E-state index contributed by atoms with van der Waals surface area (Å²) in [4.78, 5) is 11.4. The van der Waals surface area contributed by atoms with Gasteiger partial charge < -0.3 is 10.1 Å². The summed E-state index contributed by atoms with van der Waals surface area (Å²) >= 11 is 0. The highest BCUT2D eigenvalue weighted by molar-refractivity contribution is 5.75. The summed E-state index contributed by atoms with van der Waals surface area (Å²) < 4.78 is 7.02. The first-order valence-electron chi connectivity index (χ1n) is 6.51. The average molecular weight is 261 g/mol. The van der Waals surface area contributed by atoms with Crippen molar-refractivity contribution in [3.63, 3.8) is 0 Å². The third-order valence-corrected chi connectivity index (χ3v) is 3.00. The fourth-order valence-corrected chi connectivity index (χ4v) is 1.98. The van der Waals surface area contributed by atoms with Gasteiger partial charge >= 0.3 is 0 Å². The lowest BCUT2D eigenvalue weighted by Gasteiger charge is -2.04. The van der Waals surface area contributed by atoms with Crippen LogP contribution in [0.5, 0.6) is 5.75 Å². The van der Waals surface area contributed by atoms with Crippen molar-refractivity contribution in [3.8, 4) is 5.75 Å². The zero-order chi connectivity index (χ0) is 13.7. The third-order valence-electron chi connectivity index (χ3n) is 3.00. The number of pyridine rings is 1. The zero-order valence-electron chi connectivity index (χ0n) is 11.3. The maximum Gasteiger partial charge on any atom is 0.219 e. The summed E-state index contributed by atoms with van der Waals surface area (Å²) in [5.41, 5.74) is 2.12. The number of fused-ring (bicyclic) bond motifs is 1. The van der Waals surface area contributed by atoms with Crippen LogP contribution in [0.3, 0.4) is 0 Å². The molecule has 5 nitrogen and oxygen atoms in total. The predicted octanol–water partition coefficient (Wildman–Crippen LogP) is 1.80. The molecule has 1 N–H and O–H groups in total. The van der Waals surface area contributed by atoms with Gasteiger partial charge in [-0.15, -0.1) is 0 Å². The third kappa shape index (κ3) is 3.24. The van der Waals surface area contributed by atoms with Crippen LogP contribution in [0.15, 0.2) is 24.5 Å². The van der Waals surface area contributed by atoms with Crippen LogP contribution in [0.4, 0.5) is 0 Å². The highest BCUT2D eigenvalue weighted by atomic mass is 16.5. The van der Waals surface area contributed by atoms with Crippen molar-refractivity contribution in [2.45, 2.75) is 26.2 Å². The van der Waals surface area contributed by atoms with Crippen LogP contribution in [0.1, 0.15) is 25.3 Å². The number of aromatic nitrogens is 2. The lowest BCUT2D eigenvalue weighted by atomic mass is 10.2.